The molecule has 0 radical (unpaired) electrons. The van der Waals surface area contributed by atoms with Gasteiger partial charge in [0, 0.05) is 23.6 Å². The Labute approximate surface area is 119 Å². The second-order valence-electron chi connectivity index (χ2n) is 5.22. The Bertz CT molecular complexity index is 381. The minimum Gasteiger partial charge on any atom is -0.329 e. The van der Waals surface area contributed by atoms with Crippen molar-refractivity contribution in [3.05, 3.63) is 34.3 Å². The van der Waals surface area contributed by atoms with Crippen molar-refractivity contribution in [2.75, 3.05) is 19.6 Å². The van der Waals surface area contributed by atoms with E-state index in [1.54, 1.807) is 0 Å². The van der Waals surface area contributed by atoms with Gasteiger partial charge in [0.05, 0.1) is 0 Å². The van der Waals surface area contributed by atoms with Gasteiger partial charge in [-0.1, -0.05) is 41.4 Å². The fourth-order valence-electron chi connectivity index (χ4n) is 2.92. The number of hydrogen-bond donors (Lipinski definition) is 1. The van der Waals surface area contributed by atoms with Crippen LogP contribution >= 0.6 is 15.9 Å². The molecule has 2 nitrogen and oxygen atoms in total. The molecule has 1 aromatic carbocycles. The van der Waals surface area contributed by atoms with Gasteiger partial charge in [-0.05, 0) is 43.0 Å². The van der Waals surface area contributed by atoms with Crippen LogP contribution in [-0.4, -0.2) is 24.5 Å². The van der Waals surface area contributed by atoms with Crippen molar-refractivity contribution in [3.8, 4) is 0 Å². The van der Waals surface area contributed by atoms with E-state index in [-0.39, 0.29) is 0 Å². The molecule has 2 atom stereocenters. The predicted molar refractivity (Wildman–Crippen MR) is 80.5 cm³/mol. The lowest BCUT2D eigenvalue weighted by molar-refractivity contribution is 0.124. The standard InChI is InChI=1S/C15H23BrN2/c1-2-12-5-4-8-18(11-12)15(10-17)13-6-3-7-14(16)9-13/h3,6-7,9,12,15H,2,4-5,8,10-11,17H2,1H3. The highest BCUT2D eigenvalue weighted by atomic mass is 79.9. The van der Waals surface area contributed by atoms with Crippen LogP contribution in [0.25, 0.3) is 0 Å². The Balaban J connectivity index is 2.12. The van der Waals surface area contributed by atoms with Gasteiger partial charge in [0.2, 0.25) is 0 Å². The number of piperidine rings is 1. The first-order chi connectivity index (χ1) is 8.74. The molecule has 2 rings (SSSR count). The van der Waals surface area contributed by atoms with Gasteiger partial charge in [0.25, 0.3) is 0 Å². The summed E-state index contributed by atoms with van der Waals surface area (Å²) in [7, 11) is 0. The van der Waals surface area contributed by atoms with Crippen molar-refractivity contribution in [1.29, 1.82) is 0 Å². The lowest BCUT2D eigenvalue weighted by atomic mass is 9.93. The van der Waals surface area contributed by atoms with Gasteiger partial charge in [-0.2, -0.15) is 0 Å². The molecule has 2 N–H and O–H groups in total. The lowest BCUT2D eigenvalue weighted by Crippen LogP contribution is -2.40. The van der Waals surface area contributed by atoms with Crippen LogP contribution in [0.5, 0.6) is 0 Å². The lowest BCUT2D eigenvalue weighted by Gasteiger charge is -2.38. The van der Waals surface area contributed by atoms with E-state index in [1.165, 1.54) is 37.9 Å². The van der Waals surface area contributed by atoms with Crippen molar-refractivity contribution >= 4 is 15.9 Å². The molecule has 0 amide bonds. The third kappa shape index (κ3) is 3.34. The van der Waals surface area contributed by atoms with Crippen LogP contribution < -0.4 is 5.73 Å². The summed E-state index contributed by atoms with van der Waals surface area (Å²) in [6.45, 7) is 5.38. The van der Waals surface area contributed by atoms with Crippen LogP contribution in [0, 0.1) is 5.92 Å². The summed E-state index contributed by atoms with van der Waals surface area (Å²) < 4.78 is 1.14. The zero-order valence-electron chi connectivity index (χ0n) is 11.1. The van der Waals surface area contributed by atoms with Gasteiger partial charge in [-0.15, -0.1) is 0 Å². The van der Waals surface area contributed by atoms with Crippen LogP contribution in [0.15, 0.2) is 28.7 Å². The highest BCUT2D eigenvalue weighted by Gasteiger charge is 2.25. The molecule has 3 heteroatoms. The highest BCUT2D eigenvalue weighted by molar-refractivity contribution is 9.10. The van der Waals surface area contributed by atoms with Crippen molar-refractivity contribution in [1.82, 2.24) is 4.90 Å². The van der Waals surface area contributed by atoms with E-state index in [0.29, 0.717) is 12.6 Å². The summed E-state index contributed by atoms with van der Waals surface area (Å²) in [4.78, 5) is 2.57. The third-order valence-corrected chi connectivity index (χ3v) is 4.52. The predicted octanol–water partition coefficient (Wildman–Crippen LogP) is 3.57. The normalized spacial score (nSPS) is 22.9. The van der Waals surface area contributed by atoms with Crippen molar-refractivity contribution in [3.63, 3.8) is 0 Å². The number of nitrogens with zero attached hydrogens (tertiary/aromatic N) is 1. The van der Waals surface area contributed by atoms with Crippen molar-refractivity contribution in [2.45, 2.75) is 32.2 Å². The molecule has 1 aliphatic rings. The van der Waals surface area contributed by atoms with Gasteiger partial charge in [-0.25, -0.2) is 0 Å². The molecule has 0 spiro atoms. The van der Waals surface area contributed by atoms with Gasteiger partial charge in [-0.3, -0.25) is 4.90 Å². The Morgan fingerprint density at radius 2 is 2.33 bits per heavy atom. The largest absolute Gasteiger partial charge is 0.329 e. The van der Waals surface area contributed by atoms with E-state index in [1.807, 2.05) is 0 Å². The summed E-state index contributed by atoms with van der Waals surface area (Å²) in [6.07, 6.45) is 3.97. The van der Waals surface area contributed by atoms with Gasteiger partial charge in [0.15, 0.2) is 0 Å². The van der Waals surface area contributed by atoms with Crippen LogP contribution in [0.2, 0.25) is 0 Å². The number of nitrogens with two attached hydrogens (primary N) is 1. The Morgan fingerprint density at radius 1 is 1.50 bits per heavy atom. The van der Waals surface area contributed by atoms with Crippen molar-refractivity contribution in [2.24, 2.45) is 11.7 Å². The van der Waals surface area contributed by atoms with Crippen LogP contribution in [-0.2, 0) is 0 Å². The van der Waals surface area contributed by atoms with Crippen LogP contribution in [0.4, 0.5) is 0 Å². The number of halogens is 1. The number of hydrogen-bond acceptors (Lipinski definition) is 2. The second kappa shape index (κ2) is 6.69. The maximum atomic E-state index is 6.02. The SMILES string of the molecule is CCC1CCCN(C(CN)c2cccc(Br)c2)C1. The van der Waals surface area contributed by atoms with Crippen molar-refractivity contribution < 1.29 is 0 Å². The fourth-order valence-corrected chi connectivity index (χ4v) is 3.34. The molecular formula is C15H23BrN2. The molecule has 0 saturated carbocycles. The average Bonchev–Trinajstić information content (AvgIpc) is 2.40. The number of benzene rings is 1. The van der Waals surface area contributed by atoms with Crippen LogP contribution in [0.3, 0.4) is 0 Å². The first-order valence-electron chi connectivity index (χ1n) is 6.94. The molecule has 1 aromatic rings. The molecule has 1 fully saturated rings. The molecule has 18 heavy (non-hydrogen) atoms. The first-order valence-corrected chi connectivity index (χ1v) is 7.73. The Hall–Kier alpha value is -0.380. The molecule has 1 heterocycles. The molecular weight excluding hydrogens is 288 g/mol. The van der Waals surface area contributed by atoms with Gasteiger partial charge >= 0.3 is 0 Å². The second-order valence-corrected chi connectivity index (χ2v) is 6.13. The molecule has 2 unspecified atom stereocenters. The van der Waals surface area contributed by atoms with E-state index >= 15 is 0 Å². The van der Waals surface area contributed by atoms with E-state index < -0.39 is 0 Å². The topological polar surface area (TPSA) is 29.3 Å². The molecule has 1 aliphatic heterocycles. The minimum absolute atomic E-state index is 0.372. The Kier molecular flexibility index (Phi) is 5.22. The van der Waals surface area contributed by atoms with Crippen LogP contribution in [0.1, 0.15) is 37.8 Å². The minimum atomic E-state index is 0.372. The van der Waals surface area contributed by atoms with Gasteiger partial charge < -0.3 is 5.73 Å². The van der Waals surface area contributed by atoms with E-state index in [4.69, 9.17) is 5.73 Å². The van der Waals surface area contributed by atoms with E-state index in [0.717, 1.165) is 10.4 Å². The highest BCUT2D eigenvalue weighted by Crippen LogP contribution is 2.28. The summed E-state index contributed by atoms with van der Waals surface area (Å²) in [5.74, 6) is 0.847. The molecule has 1 saturated heterocycles. The quantitative estimate of drug-likeness (QED) is 0.921. The Morgan fingerprint density at radius 3 is 3.00 bits per heavy atom. The maximum Gasteiger partial charge on any atom is 0.0470 e. The average molecular weight is 311 g/mol. The third-order valence-electron chi connectivity index (χ3n) is 4.03. The molecule has 0 aliphatic carbocycles. The zero-order chi connectivity index (χ0) is 13.0. The summed E-state index contributed by atoms with van der Waals surface area (Å²) in [5.41, 5.74) is 7.35. The first kappa shape index (κ1) is 14.0. The fraction of sp³-hybridized carbons (Fsp3) is 0.600. The van der Waals surface area contributed by atoms with E-state index in [2.05, 4.69) is 52.0 Å². The number of rotatable bonds is 4. The monoisotopic (exact) mass is 310 g/mol. The van der Waals surface area contributed by atoms with Gasteiger partial charge in [0.1, 0.15) is 0 Å². The summed E-state index contributed by atoms with van der Waals surface area (Å²) in [6, 6.07) is 8.94. The molecule has 100 valence electrons. The maximum absolute atomic E-state index is 6.02. The summed E-state index contributed by atoms with van der Waals surface area (Å²) >= 11 is 3.55. The zero-order valence-corrected chi connectivity index (χ0v) is 12.7. The number of likely N-dealkylation sites (tertiary alicyclic amines) is 1. The van der Waals surface area contributed by atoms with E-state index in [9.17, 15) is 0 Å². The molecule has 0 bridgehead atoms. The summed E-state index contributed by atoms with van der Waals surface area (Å²) in [5, 5.41) is 0. The smallest absolute Gasteiger partial charge is 0.0470 e. The molecule has 0 aromatic heterocycles.